The number of aromatic nitrogens is 2. The molecule has 27 nitrogen and oxygen atoms in total. The van der Waals surface area contributed by atoms with E-state index in [0.29, 0.717) is 56.4 Å². The summed E-state index contributed by atoms with van der Waals surface area (Å²) in [6.07, 6.45) is -4.26. The van der Waals surface area contributed by atoms with Crippen molar-refractivity contribution in [2.45, 2.75) is 189 Å². The maximum Gasteiger partial charge on any atom is 0.472 e. The van der Waals surface area contributed by atoms with Gasteiger partial charge in [0, 0.05) is 131 Å². The number of nitrogens with one attached hydrogen (secondary N) is 2. The van der Waals surface area contributed by atoms with E-state index in [9.17, 15) is 53.2 Å². The Morgan fingerprint density at radius 2 is 1.40 bits per heavy atom. The number of allylic oxidation sites excluding steroid dienone is 6. The fourth-order valence-electron chi connectivity index (χ4n) is 15.4. The van der Waals surface area contributed by atoms with E-state index in [4.69, 9.17) is 63.2 Å². The van der Waals surface area contributed by atoms with Crippen molar-refractivity contribution < 1.29 is 67.0 Å². The number of fused-ring (bicyclic) bond motifs is 7. The third kappa shape index (κ3) is 13.0. The van der Waals surface area contributed by atoms with Crippen LogP contribution in [0.1, 0.15) is 150 Å². The summed E-state index contributed by atoms with van der Waals surface area (Å²) in [5.41, 5.74) is 37.4. The quantitative estimate of drug-likeness (QED) is 0.0603. The number of rotatable bonds is 26. The van der Waals surface area contributed by atoms with Gasteiger partial charge >= 0.3 is 7.82 Å². The molecule has 2 fully saturated rings. The molecule has 15 atom stereocenters. The lowest BCUT2D eigenvalue weighted by Gasteiger charge is -2.48. The summed E-state index contributed by atoms with van der Waals surface area (Å²) in [6.45, 7) is 19.3. The van der Waals surface area contributed by atoms with Crippen LogP contribution in [0.3, 0.4) is 0 Å². The normalized spacial score (nSPS) is 34.2. The number of primary amides is 6. The molecule has 0 saturated carbocycles. The molecule has 0 radical (unpaired) electrons. The molecule has 6 aliphatic rings. The minimum absolute atomic E-state index is 0.0114. The van der Waals surface area contributed by atoms with Crippen molar-refractivity contribution in [3.63, 3.8) is 0 Å². The molecular formula is C62H90N13O14P. The van der Waals surface area contributed by atoms with Crippen molar-refractivity contribution in [3.05, 3.63) is 63.9 Å². The summed E-state index contributed by atoms with van der Waals surface area (Å²) in [6, 6.07) is 2.70. The van der Waals surface area contributed by atoms with Gasteiger partial charge in [0.1, 0.15) is 18.3 Å². The van der Waals surface area contributed by atoms with Gasteiger partial charge in [-0.15, -0.1) is 0 Å². The number of nitrogens with two attached hydrogens (primary N) is 6. The second kappa shape index (κ2) is 25.6. The molecule has 6 aliphatic heterocycles. The highest BCUT2D eigenvalue weighted by Gasteiger charge is 2.66. The molecule has 2 saturated heterocycles. The molecule has 17 N–H and O–H groups in total. The van der Waals surface area contributed by atoms with E-state index in [1.807, 2.05) is 87.4 Å². The van der Waals surface area contributed by atoms with Crippen LogP contribution in [0.4, 0.5) is 0 Å². The van der Waals surface area contributed by atoms with Crippen LogP contribution in [0.15, 0.2) is 67.8 Å². The number of imidazole rings is 1. The van der Waals surface area contributed by atoms with E-state index in [1.165, 1.54) is 13.3 Å². The van der Waals surface area contributed by atoms with E-state index in [2.05, 4.69) is 15.6 Å². The Kier molecular flexibility index (Phi) is 19.6. The van der Waals surface area contributed by atoms with Crippen molar-refractivity contribution in [2.24, 2.45) is 94.7 Å². The summed E-state index contributed by atoms with van der Waals surface area (Å²) >= 11 is 0. The Morgan fingerprint density at radius 1 is 0.800 bits per heavy atom. The lowest BCUT2D eigenvalue weighted by atomic mass is 9.55. The smallest absolute Gasteiger partial charge is 0.394 e. The first-order valence-electron chi connectivity index (χ1n) is 30.6. The minimum atomic E-state index is -5.07. The molecular weight excluding hydrogens is 1180 g/mol. The zero-order valence-corrected chi connectivity index (χ0v) is 54.1. The lowest BCUT2D eigenvalue weighted by molar-refractivity contribution is -0.124. The molecule has 1 aromatic heterocycles. The predicted octanol–water partition coefficient (Wildman–Crippen LogP) is 3.16. The maximum absolute atomic E-state index is 14.4. The molecule has 0 aliphatic carbocycles. The largest absolute Gasteiger partial charge is 0.472 e. The maximum atomic E-state index is 14.4. The average molecular weight is 1270 g/mol. The highest BCUT2D eigenvalue weighted by Crippen LogP contribution is 2.63. The third-order valence-electron chi connectivity index (χ3n) is 20.6. The van der Waals surface area contributed by atoms with Crippen molar-refractivity contribution >= 4 is 77.3 Å². The fraction of sp³-hybridized carbons (Fsp3) is 0.629. The van der Waals surface area contributed by atoms with Crippen LogP contribution in [0.25, 0.3) is 11.0 Å². The van der Waals surface area contributed by atoms with E-state index in [0.717, 1.165) is 11.1 Å². The molecule has 1 aromatic carbocycles. The zero-order chi connectivity index (χ0) is 66.7. The van der Waals surface area contributed by atoms with E-state index < -0.39 is 143 Å². The number of amides is 7. The van der Waals surface area contributed by atoms with Gasteiger partial charge < -0.3 is 69.4 Å². The van der Waals surface area contributed by atoms with Crippen LogP contribution < -0.4 is 45.0 Å². The van der Waals surface area contributed by atoms with Crippen LogP contribution in [-0.4, -0.2) is 132 Å². The third-order valence-corrected chi connectivity index (χ3v) is 21.7. The van der Waals surface area contributed by atoms with E-state index in [-0.39, 0.29) is 77.2 Å². The Bertz CT molecular complexity index is 3540. The Labute approximate surface area is 523 Å². The molecule has 2 aromatic rings. The van der Waals surface area contributed by atoms with Crippen molar-refractivity contribution in [1.29, 1.82) is 0 Å². The SMILES string of the molecule is C/C1=C2N=C(/C=C3\N/C(=C(/C)C4=N[C@](C)([C@H]5N=C1[C@](C)(CCC(=O)NCC(C)OP(=O)(O)O[C@H]1[C@@H](O)[C@@H](n6cnc7cc(C)c(C)cc76)O[C@@H]1CO)[C@H]5CC(N)=O)[C@@](C)(CC(N)=O)[C@H]4CCC(N)=O)[C@@](C)(CC(N)=O)[C@@H]3CCC(N)=O)C(C)(C)[C@@H]/2CCC(N)=O. The molecule has 2 unspecified atom stereocenters. The topological polar surface area (TPSA) is 460 Å². The summed E-state index contributed by atoms with van der Waals surface area (Å²) in [7, 11) is -5.07. The van der Waals surface area contributed by atoms with Gasteiger partial charge in [-0.1, -0.05) is 34.6 Å². The average Bonchev–Trinajstić information content (AvgIpc) is 1.53. The highest BCUT2D eigenvalue weighted by molar-refractivity contribution is 7.47. The van der Waals surface area contributed by atoms with Crippen molar-refractivity contribution in [1.82, 2.24) is 20.2 Å². The van der Waals surface area contributed by atoms with Crippen LogP contribution in [0, 0.1) is 59.2 Å². The molecule has 7 amide bonds. The Morgan fingerprint density at radius 3 is 1.99 bits per heavy atom. The van der Waals surface area contributed by atoms with Crippen LogP contribution in [-0.2, 0) is 51.9 Å². The summed E-state index contributed by atoms with van der Waals surface area (Å²) in [5.74, 6) is -7.18. The standard InChI is InChI=1S/C62H90N13O14P/c1-29-20-39-40(21-30(29)2)75(28-70-39)57-52(84)53(41(27-76)87-57)89-90(85,86)88-31(3)26-69-49(83)18-19-59(8)37(22-46(66)80)56-62(11)61(10,25-48(68)82)36(14-17-45(65)79)51(74-62)33(5)55-60(9,24-47(67)81)34(12-15-43(63)77)38(71-55)23-42-58(6,7)35(13-16-44(64)78)50(72-42)32(4)54(59)73-56/h20-21,23,28,31,34-37,41,52-53,56-57,71,76,84H,12-19,22,24-27H2,1-11H3,(H2,63,77)(H2,64,78)(H2,65,79)(H2,66,80)(H2,67,81)(H2,68,82)(H,69,83)(H,85,86)/b38-23-,50-32-,55-33-/t31?,34-,35-,36+,37+,41-,52-,53-,56+,57+,59-,60+,61+,62-/m1/s1. The number of aliphatic hydroxyl groups is 2. The first-order chi connectivity index (χ1) is 41.8. The van der Waals surface area contributed by atoms with Gasteiger partial charge in [-0.3, -0.25) is 57.6 Å². The number of hydrogen-bond donors (Lipinski definition) is 11. The fourth-order valence-corrected chi connectivity index (χ4v) is 16.6. The van der Waals surface area contributed by atoms with Crippen molar-refractivity contribution in [3.8, 4) is 0 Å². The predicted molar refractivity (Wildman–Crippen MR) is 334 cm³/mol. The monoisotopic (exact) mass is 1270 g/mol. The van der Waals surface area contributed by atoms with Gasteiger partial charge in [0.05, 0.1) is 41.7 Å². The molecule has 0 spiro atoms. The minimum Gasteiger partial charge on any atom is -0.394 e. The number of phosphoric ester groups is 1. The van der Waals surface area contributed by atoms with Crippen molar-refractivity contribution in [2.75, 3.05) is 13.2 Å². The van der Waals surface area contributed by atoms with E-state index in [1.54, 1.807) is 4.57 Å². The highest BCUT2D eigenvalue weighted by atomic mass is 31.2. The number of hydrogen-bond acceptors (Lipinski definition) is 18. The van der Waals surface area contributed by atoms with Crippen LogP contribution in [0.5, 0.6) is 0 Å². The number of aliphatic hydroxyl groups excluding tert-OH is 2. The molecule has 28 heteroatoms. The van der Waals surface area contributed by atoms with Gasteiger partial charge in [-0.25, -0.2) is 9.55 Å². The number of ether oxygens (including phenoxy) is 1. The molecule has 90 heavy (non-hydrogen) atoms. The number of aliphatic imine (C=N–C) groups is 3. The second-order valence-electron chi connectivity index (χ2n) is 27.1. The molecule has 7 heterocycles. The number of carbonyl (C=O) groups excluding carboxylic acids is 7. The van der Waals surface area contributed by atoms with Gasteiger partial charge in [0.15, 0.2) is 6.23 Å². The number of nitrogens with zero attached hydrogens (tertiary/aromatic N) is 5. The summed E-state index contributed by atoms with van der Waals surface area (Å²) in [5, 5.41) is 28.2. The Hall–Kier alpha value is -7.00. The molecule has 8 rings (SSSR count). The van der Waals surface area contributed by atoms with Gasteiger partial charge in [-0.2, -0.15) is 0 Å². The second-order valence-corrected chi connectivity index (χ2v) is 28.4. The Balaban J connectivity index is 1.19. The van der Waals surface area contributed by atoms with Crippen LogP contribution in [0.2, 0.25) is 0 Å². The lowest BCUT2D eigenvalue weighted by Crippen LogP contribution is -2.56. The zero-order valence-electron chi connectivity index (χ0n) is 53.3. The number of benzene rings is 1. The van der Waals surface area contributed by atoms with Gasteiger partial charge in [0.2, 0.25) is 41.4 Å². The number of carbonyl (C=O) groups is 7. The van der Waals surface area contributed by atoms with Crippen LogP contribution >= 0.6 is 7.82 Å². The molecule has 492 valence electrons. The first-order valence-corrected chi connectivity index (χ1v) is 32.1. The number of aryl methyl sites for hydroxylation is 2. The number of phosphoric acid groups is 1. The molecule has 8 bridgehead atoms. The summed E-state index contributed by atoms with van der Waals surface area (Å²) in [4.78, 5) is 126. The van der Waals surface area contributed by atoms with E-state index >= 15 is 0 Å². The first kappa shape index (κ1) is 68.9. The van der Waals surface area contributed by atoms with Gasteiger partial charge in [0.25, 0.3) is 0 Å². The van der Waals surface area contributed by atoms with Gasteiger partial charge in [-0.05, 0) is 108 Å². The summed E-state index contributed by atoms with van der Waals surface area (Å²) < 4.78 is 32.3.